The molecule has 2 rings (SSSR count). The van der Waals surface area contributed by atoms with Gasteiger partial charge in [-0.2, -0.15) is 5.10 Å². The van der Waals surface area contributed by atoms with Crippen LogP contribution in [-0.4, -0.2) is 20.9 Å². The van der Waals surface area contributed by atoms with Gasteiger partial charge < -0.3 is 5.11 Å². The Bertz CT molecular complexity index is 702. The molecule has 0 saturated heterocycles. The van der Waals surface area contributed by atoms with Crippen molar-refractivity contribution in [1.82, 2.24) is 9.78 Å². The van der Waals surface area contributed by atoms with Gasteiger partial charge in [0.05, 0.1) is 5.69 Å². The van der Waals surface area contributed by atoms with Gasteiger partial charge in [0.1, 0.15) is 5.56 Å². The predicted octanol–water partition coefficient (Wildman–Crippen LogP) is 2.58. The monoisotopic (exact) mass is 286 g/mol. The quantitative estimate of drug-likeness (QED) is 0.917. The summed E-state index contributed by atoms with van der Waals surface area (Å²) in [5.74, 6) is -1.22. The zero-order valence-corrected chi connectivity index (χ0v) is 12.2. The molecule has 0 saturated carbocycles. The number of nitrogens with zero attached hydrogens (tertiary/aromatic N) is 2. The second-order valence-corrected chi connectivity index (χ2v) is 4.83. The molecule has 2 aromatic rings. The fourth-order valence-electron chi connectivity index (χ4n) is 2.11. The van der Waals surface area contributed by atoms with E-state index in [0.29, 0.717) is 18.7 Å². The molecular weight excluding hydrogens is 268 g/mol. The molecule has 21 heavy (non-hydrogen) atoms. The molecule has 0 atom stereocenters. The molecule has 1 aromatic heterocycles. The van der Waals surface area contributed by atoms with E-state index in [1.807, 2.05) is 31.2 Å². The van der Waals surface area contributed by atoms with Gasteiger partial charge in [0, 0.05) is 12.1 Å². The average Bonchev–Trinajstić information content (AvgIpc) is 2.49. The molecule has 0 aliphatic heterocycles. The highest BCUT2D eigenvalue weighted by Gasteiger charge is 2.15. The molecule has 0 amide bonds. The lowest BCUT2D eigenvalue weighted by Gasteiger charge is -2.08. The minimum absolute atomic E-state index is 0.243. The summed E-state index contributed by atoms with van der Waals surface area (Å²) < 4.78 is 1.23. The predicted molar refractivity (Wildman–Crippen MR) is 80.6 cm³/mol. The third-order valence-electron chi connectivity index (χ3n) is 3.30. The number of aromatic carboxylic acids is 1. The van der Waals surface area contributed by atoms with Crippen molar-refractivity contribution in [2.75, 3.05) is 0 Å². The van der Waals surface area contributed by atoms with E-state index < -0.39 is 11.5 Å². The largest absolute Gasteiger partial charge is 0.477 e. The molecule has 0 bridgehead atoms. The van der Waals surface area contributed by atoms with Crippen molar-refractivity contribution in [3.8, 4) is 11.3 Å². The van der Waals surface area contributed by atoms with E-state index in [4.69, 9.17) is 0 Å². The van der Waals surface area contributed by atoms with E-state index >= 15 is 0 Å². The van der Waals surface area contributed by atoms with Gasteiger partial charge in [0.2, 0.25) is 0 Å². The molecular formula is C16H18N2O3. The summed E-state index contributed by atoms with van der Waals surface area (Å²) in [5, 5.41) is 13.4. The first-order valence-corrected chi connectivity index (χ1v) is 7.01. The summed E-state index contributed by atoms with van der Waals surface area (Å²) >= 11 is 0. The third kappa shape index (κ3) is 3.18. The molecule has 1 N–H and O–H groups in total. The summed E-state index contributed by atoms with van der Waals surface area (Å²) in [7, 11) is 0. The lowest BCUT2D eigenvalue weighted by Crippen LogP contribution is -2.28. The van der Waals surface area contributed by atoms with Crippen LogP contribution in [0.4, 0.5) is 0 Å². The number of hydrogen-bond donors (Lipinski definition) is 1. The number of carbonyl (C=O) groups is 1. The highest BCUT2D eigenvalue weighted by molar-refractivity contribution is 5.88. The van der Waals surface area contributed by atoms with Gasteiger partial charge in [-0.25, -0.2) is 9.48 Å². The zero-order valence-electron chi connectivity index (χ0n) is 12.2. The Balaban J connectivity index is 2.56. The zero-order chi connectivity index (χ0) is 15.4. The van der Waals surface area contributed by atoms with Crippen molar-refractivity contribution >= 4 is 5.97 Å². The van der Waals surface area contributed by atoms with E-state index in [2.05, 4.69) is 12.0 Å². The van der Waals surface area contributed by atoms with Gasteiger partial charge in [0.25, 0.3) is 5.56 Å². The first-order chi connectivity index (χ1) is 10.1. The Morgan fingerprint density at radius 3 is 2.43 bits per heavy atom. The molecule has 0 unspecified atom stereocenters. The van der Waals surface area contributed by atoms with Gasteiger partial charge in [-0.15, -0.1) is 0 Å². The lowest BCUT2D eigenvalue weighted by molar-refractivity contribution is 0.0693. The van der Waals surface area contributed by atoms with Crippen LogP contribution in [0, 0.1) is 0 Å². The number of hydrogen-bond acceptors (Lipinski definition) is 3. The maximum Gasteiger partial charge on any atom is 0.341 e. The molecule has 0 aliphatic carbocycles. The Kier molecular flexibility index (Phi) is 4.52. The van der Waals surface area contributed by atoms with Gasteiger partial charge in [-0.05, 0) is 24.5 Å². The minimum atomic E-state index is -1.22. The SMILES string of the molecule is CCCn1nc(-c2ccc(CC)cc2)cc(C(=O)O)c1=O. The Hall–Kier alpha value is -2.43. The van der Waals surface area contributed by atoms with Crippen molar-refractivity contribution in [3.63, 3.8) is 0 Å². The maximum atomic E-state index is 12.0. The molecule has 5 nitrogen and oxygen atoms in total. The van der Waals surface area contributed by atoms with Crippen LogP contribution in [0.15, 0.2) is 35.1 Å². The molecule has 1 heterocycles. The van der Waals surface area contributed by atoms with Gasteiger partial charge in [0.15, 0.2) is 0 Å². The summed E-state index contributed by atoms with van der Waals surface area (Å²) in [5.41, 5.74) is 1.70. The van der Waals surface area contributed by atoms with Crippen LogP contribution in [0.25, 0.3) is 11.3 Å². The first-order valence-electron chi connectivity index (χ1n) is 7.01. The van der Waals surface area contributed by atoms with Gasteiger partial charge in [-0.3, -0.25) is 4.79 Å². The standard InChI is InChI=1S/C16H18N2O3/c1-3-9-18-15(19)13(16(20)21)10-14(17-18)12-7-5-11(4-2)6-8-12/h5-8,10H,3-4,9H2,1-2H3,(H,20,21). The lowest BCUT2D eigenvalue weighted by atomic mass is 10.1. The molecule has 0 fully saturated rings. The summed E-state index contributed by atoms with van der Waals surface area (Å²) in [6.45, 7) is 4.38. The van der Waals surface area contributed by atoms with Crippen LogP contribution in [0.3, 0.4) is 0 Å². The van der Waals surface area contributed by atoms with E-state index in [-0.39, 0.29) is 5.56 Å². The van der Waals surface area contributed by atoms with Crippen molar-refractivity contribution in [1.29, 1.82) is 0 Å². The van der Waals surface area contributed by atoms with Crippen LogP contribution in [-0.2, 0) is 13.0 Å². The Morgan fingerprint density at radius 1 is 1.24 bits per heavy atom. The third-order valence-corrected chi connectivity index (χ3v) is 3.30. The Morgan fingerprint density at radius 2 is 1.90 bits per heavy atom. The first kappa shape index (κ1) is 15.0. The highest BCUT2D eigenvalue weighted by atomic mass is 16.4. The van der Waals surface area contributed by atoms with Crippen molar-refractivity contribution in [2.24, 2.45) is 0 Å². The van der Waals surface area contributed by atoms with Crippen LogP contribution < -0.4 is 5.56 Å². The number of benzene rings is 1. The second kappa shape index (κ2) is 6.35. The van der Waals surface area contributed by atoms with Gasteiger partial charge >= 0.3 is 5.97 Å². The number of aryl methyl sites for hydroxylation is 2. The topological polar surface area (TPSA) is 72.2 Å². The van der Waals surface area contributed by atoms with Crippen molar-refractivity contribution < 1.29 is 9.90 Å². The van der Waals surface area contributed by atoms with E-state index in [1.165, 1.54) is 16.3 Å². The highest BCUT2D eigenvalue weighted by Crippen LogP contribution is 2.18. The maximum absolute atomic E-state index is 12.0. The van der Waals surface area contributed by atoms with Crippen molar-refractivity contribution in [3.05, 3.63) is 51.8 Å². The second-order valence-electron chi connectivity index (χ2n) is 4.83. The van der Waals surface area contributed by atoms with E-state index in [9.17, 15) is 14.7 Å². The van der Waals surface area contributed by atoms with E-state index in [0.717, 1.165) is 12.0 Å². The average molecular weight is 286 g/mol. The van der Waals surface area contributed by atoms with Crippen LogP contribution in [0.5, 0.6) is 0 Å². The summed E-state index contributed by atoms with van der Waals surface area (Å²) in [6, 6.07) is 9.10. The molecule has 0 radical (unpaired) electrons. The molecule has 0 spiro atoms. The molecule has 0 aliphatic rings. The van der Waals surface area contributed by atoms with Crippen LogP contribution in [0.1, 0.15) is 36.2 Å². The normalized spacial score (nSPS) is 10.6. The van der Waals surface area contributed by atoms with Crippen LogP contribution in [0.2, 0.25) is 0 Å². The Labute approximate surface area is 122 Å². The van der Waals surface area contributed by atoms with E-state index in [1.54, 1.807) is 0 Å². The molecule has 110 valence electrons. The number of carboxylic acid groups (broad SMARTS) is 1. The fourth-order valence-corrected chi connectivity index (χ4v) is 2.11. The number of carboxylic acids is 1. The number of aromatic nitrogens is 2. The molecule has 5 heteroatoms. The fraction of sp³-hybridized carbons (Fsp3) is 0.312. The summed E-state index contributed by atoms with van der Waals surface area (Å²) in [4.78, 5) is 23.2. The van der Waals surface area contributed by atoms with Crippen LogP contribution >= 0.6 is 0 Å². The molecule has 1 aromatic carbocycles. The smallest absolute Gasteiger partial charge is 0.341 e. The van der Waals surface area contributed by atoms with Gasteiger partial charge in [-0.1, -0.05) is 38.1 Å². The van der Waals surface area contributed by atoms with Crippen molar-refractivity contribution in [2.45, 2.75) is 33.2 Å². The minimum Gasteiger partial charge on any atom is -0.477 e. The number of rotatable bonds is 5. The summed E-state index contributed by atoms with van der Waals surface area (Å²) in [6.07, 6.45) is 1.65.